The van der Waals surface area contributed by atoms with Gasteiger partial charge in [-0.1, -0.05) is 0 Å². The van der Waals surface area contributed by atoms with Crippen LogP contribution in [0.15, 0.2) is 18.2 Å². The van der Waals surface area contributed by atoms with Crippen LogP contribution in [0.1, 0.15) is 19.3 Å². The Kier molecular flexibility index (Phi) is 4.12. The summed E-state index contributed by atoms with van der Waals surface area (Å²) in [5, 5.41) is 0. The fourth-order valence-electron chi connectivity index (χ4n) is 3.57. The molecular formula is C16H23F2N3O. The molecule has 2 N–H and O–H groups in total. The molecule has 2 saturated heterocycles. The van der Waals surface area contributed by atoms with Crippen LogP contribution >= 0.6 is 0 Å². The third-order valence-corrected chi connectivity index (χ3v) is 5.06. The topological polar surface area (TPSA) is 41.7 Å². The maximum Gasteiger partial charge on any atom is 0.387 e. The average Bonchev–Trinajstić information content (AvgIpc) is 2.89. The van der Waals surface area contributed by atoms with Gasteiger partial charge < -0.3 is 20.3 Å². The van der Waals surface area contributed by atoms with Gasteiger partial charge in [-0.2, -0.15) is 8.78 Å². The van der Waals surface area contributed by atoms with E-state index in [1.165, 1.54) is 12.8 Å². The molecule has 6 heteroatoms. The third kappa shape index (κ3) is 3.11. The SMILES string of the molecule is CN1CCC2(CC1)CCN(c1ccc(N)c(OC(F)F)c1)C2. The van der Waals surface area contributed by atoms with Crippen molar-refractivity contribution in [3.63, 3.8) is 0 Å². The molecule has 1 spiro atoms. The van der Waals surface area contributed by atoms with Crippen LogP contribution < -0.4 is 15.4 Å². The van der Waals surface area contributed by atoms with E-state index in [1.807, 2.05) is 6.07 Å². The summed E-state index contributed by atoms with van der Waals surface area (Å²) in [6, 6.07) is 5.17. The number of alkyl halides is 2. The maximum atomic E-state index is 12.4. The van der Waals surface area contributed by atoms with Crippen molar-refractivity contribution in [1.29, 1.82) is 0 Å². The standard InChI is InChI=1S/C16H23F2N3O/c1-20-7-4-16(5-8-20)6-9-21(11-16)12-2-3-13(19)14(10-12)22-15(17)18/h2-3,10,15H,4-9,11,19H2,1H3. The lowest BCUT2D eigenvalue weighted by atomic mass is 9.78. The average molecular weight is 311 g/mol. The predicted octanol–water partition coefficient (Wildman–Crippen LogP) is 2.79. The van der Waals surface area contributed by atoms with E-state index in [1.54, 1.807) is 12.1 Å². The molecular weight excluding hydrogens is 288 g/mol. The van der Waals surface area contributed by atoms with E-state index in [2.05, 4.69) is 21.6 Å². The summed E-state index contributed by atoms with van der Waals surface area (Å²) in [7, 11) is 2.16. The molecule has 2 aliphatic heterocycles. The molecule has 1 aromatic carbocycles. The minimum Gasteiger partial charge on any atom is -0.433 e. The first-order valence-electron chi connectivity index (χ1n) is 7.75. The van der Waals surface area contributed by atoms with E-state index in [0.29, 0.717) is 5.41 Å². The van der Waals surface area contributed by atoms with E-state index < -0.39 is 6.61 Å². The van der Waals surface area contributed by atoms with Gasteiger partial charge in [0, 0.05) is 24.8 Å². The predicted molar refractivity (Wildman–Crippen MR) is 83.5 cm³/mol. The molecule has 2 fully saturated rings. The summed E-state index contributed by atoms with van der Waals surface area (Å²) < 4.78 is 29.4. The molecule has 122 valence electrons. The lowest BCUT2D eigenvalue weighted by Gasteiger charge is -2.37. The molecule has 22 heavy (non-hydrogen) atoms. The van der Waals surface area contributed by atoms with Gasteiger partial charge in [-0.3, -0.25) is 0 Å². The Balaban J connectivity index is 1.73. The highest BCUT2D eigenvalue weighted by Gasteiger charge is 2.40. The molecule has 0 radical (unpaired) electrons. The van der Waals surface area contributed by atoms with Gasteiger partial charge in [0.2, 0.25) is 0 Å². The third-order valence-electron chi connectivity index (χ3n) is 5.06. The van der Waals surface area contributed by atoms with Crippen LogP contribution in [0, 0.1) is 5.41 Å². The van der Waals surface area contributed by atoms with Gasteiger partial charge in [0.25, 0.3) is 0 Å². The van der Waals surface area contributed by atoms with Gasteiger partial charge in [-0.05, 0) is 56.9 Å². The quantitative estimate of drug-likeness (QED) is 0.872. The zero-order valence-electron chi connectivity index (χ0n) is 12.9. The Labute approximate surface area is 129 Å². The number of anilines is 2. The van der Waals surface area contributed by atoms with Crippen LogP contribution in [0.3, 0.4) is 0 Å². The van der Waals surface area contributed by atoms with Crippen molar-refractivity contribution in [2.45, 2.75) is 25.9 Å². The molecule has 0 aromatic heterocycles. The summed E-state index contributed by atoms with van der Waals surface area (Å²) in [6.45, 7) is 1.36. The van der Waals surface area contributed by atoms with Crippen molar-refractivity contribution in [2.75, 3.05) is 43.9 Å². The molecule has 0 saturated carbocycles. The lowest BCUT2D eigenvalue weighted by Crippen LogP contribution is -2.39. The second-order valence-corrected chi connectivity index (χ2v) is 6.58. The highest BCUT2D eigenvalue weighted by Crippen LogP contribution is 2.42. The molecule has 0 aliphatic carbocycles. The Morgan fingerprint density at radius 1 is 1.18 bits per heavy atom. The number of nitrogens with zero attached hydrogens (tertiary/aromatic N) is 2. The molecule has 3 rings (SSSR count). The Hall–Kier alpha value is -1.56. The van der Waals surface area contributed by atoms with E-state index in [0.717, 1.165) is 38.3 Å². The van der Waals surface area contributed by atoms with Crippen molar-refractivity contribution in [1.82, 2.24) is 4.90 Å². The van der Waals surface area contributed by atoms with Gasteiger partial charge in [-0.25, -0.2) is 0 Å². The minimum absolute atomic E-state index is 0.0665. The fourth-order valence-corrected chi connectivity index (χ4v) is 3.57. The first-order valence-corrected chi connectivity index (χ1v) is 7.75. The van der Waals surface area contributed by atoms with Crippen LogP contribution in [-0.2, 0) is 0 Å². The number of nitrogen functional groups attached to an aromatic ring is 1. The zero-order chi connectivity index (χ0) is 15.7. The summed E-state index contributed by atoms with van der Waals surface area (Å²) in [5.74, 6) is 0.0665. The van der Waals surface area contributed by atoms with E-state index in [4.69, 9.17) is 5.73 Å². The Morgan fingerprint density at radius 2 is 1.86 bits per heavy atom. The molecule has 0 amide bonds. The normalized spacial score (nSPS) is 21.7. The highest BCUT2D eigenvalue weighted by atomic mass is 19.3. The van der Waals surface area contributed by atoms with Gasteiger partial charge in [-0.15, -0.1) is 0 Å². The summed E-state index contributed by atoms with van der Waals surface area (Å²) in [6.07, 6.45) is 3.57. The Morgan fingerprint density at radius 3 is 2.55 bits per heavy atom. The van der Waals surface area contributed by atoms with Crippen LogP contribution in [-0.4, -0.2) is 44.7 Å². The molecule has 4 nitrogen and oxygen atoms in total. The van der Waals surface area contributed by atoms with E-state index >= 15 is 0 Å². The first kappa shape index (κ1) is 15.3. The highest BCUT2D eigenvalue weighted by molar-refractivity contribution is 5.62. The number of rotatable bonds is 3. The van der Waals surface area contributed by atoms with Crippen LogP contribution in [0.4, 0.5) is 20.2 Å². The molecule has 2 heterocycles. The zero-order valence-corrected chi connectivity index (χ0v) is 12.9. The number of piperidine rings is 1. The number of ether oxygens (including phenoxy) is 1. The number of hydrogen-bond donors (Lipinski definition) is 1. The first-order chi connectivity index (χ1) is 10.5. The molecule has 0 atom stereocenters. The second kappa shape index (κ2) is 5.91. The number of hydrogen-bond acceptors (Lipinski definition) is 4. The van der Waals surface area contributed by atoms with Gasteiger partial charge in [0.15, 0.2) is 5.75 Å². The maximum absolute atomic E-state index is 12.4. The molecule has 0 unspecified atom stereocenters. The van der Waals surface area contributed by atoms with Crippen LogP contribution in [0.2, 0.25) is 0 Å². The second-order valence-electron chi connectivity index (χ2n) is 6.58. The molecule has 2 aliphatic rings. The van der Waals surface area contributed by atoms with Crippen LogP contribution in [0.5, 0.6) is 5.75 Å². The van der Waals surface area contributed by atoms with Crippen molar-refractivity contribution in [3.05, 3.63) is 18.2 Å². The van der Waals surface area contributed by atoms with E-state index in [-0.39, 0.29) is 11.4 Å². The molecule has 1 aromatic rings. The number of benzene rings is 1. The van der Waals surface area contributed by atoms with E-state index in [9.17, 15) is 8.78 Å². The van der Waals surface area contributed by atoms with Gasteiger partial charge in [0.1, 0.15) is 0 Å². The number of likely N-dealkylation sites (tertiary alicyclic amines) is 1. The van der Waals surface area contributed by atoms with Gasteiger partial charge >= 0.3 is 6.61 Å². The van der Waals surface area contributed by atoms with Crippen molar-refractivity contribution in [2.24, 2.45) is 5.41 Å². The number of halogens is 2. The molecule has 0 bridgehead atoms. The summed E-state index contributed by atoms with van der Waals surface area (Å²) in [5.41, 5.74) is 7.24. The summed E-state index contributed by atoms with van der Waals surface area (Å²) >= 11 is 0. The van der Waals surface area contributed by atoms with Crippen molar-refractivity contribution in [3.8, 4) is 5.75 Å². The smallest absolute Gasteiger partial charge is 0.387 e. The van der Waals surface area contributed by atoms with Gasteiger partial charge in [0.05, 0.1) is 5.69 Å². The fraction of sp³-hybridized carbons (Fsp3) is 0.625. The monoisotopic (exact) mass is 311 g/mol. The largest absolute Gasteiger partial charge is 0.433 e. The number of nitrogens with two attached hydrogens (primary N) is 1. The van der Waals surface area contributed by atoms with Crippen LogP contribution in [0.25, 0.3) is 0 Å². The Bertz CT molecular complexity index is 530. The van der Waals surface area contributed by atoms with Crippen molar-refractivity contribution >= 4 is 11.4 Å². The summed E-state index contributed by atoms with van der Waals surface area (Å²) in [4.78, 5) is 4.63. The lowest BCUT2D eigenvalue weighted by molar-refractivity contribution is -0.0493. The van der Waals surface area contributed by atoms with Crippen molar-refractivity contribution < 1.29 is 13.5 Å². The minimum atomic E-state index is -2.85.